The Labute approximate surface area is 103 Å². The minimum absolute atomic E-state index is 1.05. The first-order valence-corrected chi connectivity index (χ1v) is 6.66. The van der Waals surface area contributed by atoms with E-state index >= 15 is 0 Å². The zero-order chi connectivity index (χ0) is 11.5. The van der Waals surface area contributed by atoms with Crippen molar-refractivity contribution in [3.8, 4) is 0 Å². The molecule has 1 fully saturated rings. The number of benzene rings is 1. The third-order valence-corrected chi connectivity index (χ3v) is 3.83. The smallest absolute Gasteiger partial charge is 0.0212 e. The Balaban J connectivity index is 1.57. The van der Waals surface area contributed by atoms with E-state index in [1.54, 1.807) is 0 Å². The second-order valence-corrected chi connectivity index (χ2v) is 5.05. The largest absolute Gasteiger partial charge is 0.314 e. The molecule has 3 rings (SSSR count). The quantitative estimate of drug-likeness (QED) is 0.803. The van der Waals surface area contributed by atoms with Crippen LogP contribution >= 0.6 is 0 Å². The molecule has 1 aromatic carbocycles. The van der Waals surface area contributed by atoms with Crippen molar-refractivity contribution in [3.05, 3.63) is 34.9 Å². The molecule has 0 unspecified atom stereocenters. The van der Waals surface area contributed by atoms with Gasteiger partial charge < -0.3 is 15.5 Å². The Morgan fingerprint density at radius 3 is 2.71 bits per heavy atom. The van der Waals surface area contributed by atoms with Crippen LogP contribution in [0.4, 0.5) is 0 Å². The average molecular weight is 231 g/mol. The summed E-state index contributed by atoms with van der Waals surface area (Å²) in [5, 5.41) is 6.80. The third kappa shape index (κ3) is 2.68. The molecule has 0 amide bonds. The van der Waals surface area contributed by atoms with Crippen LogP contribution in [0.15, 0.2) is 18.2 Å². The molecular formula is C14H21N3. The lowest BCUT2D eigenvalue weighted by molar-refractivity contribution is 0.244. The van der Waals surface area contributed by atoms with Crippen LogP contribution in [0.2, 0.25) is 0 Å². The number of nitrogens with one attached hydrogen (secondary N) is 2. The Bertz CT molecular complexity index is 383. The Kier molecular flexibility index (Phi) is 3.41. The Hall–Kier alpha value is -0.900. The van der Waals surface area contributed by atoms with E-state index in [1.807, 2.05) is 0 Å². The maximum atomic E-state index is 3.40. The highest BCUT2D eigenvalue weighted by molar-refractivity contribution is 5.34. The molecule has 2 aliphatic rings. The fourth-order valence-corrected chi connectivity index (χ4v) is 2.73. The molecule has 0 aromatic heterocycles. The maximum absolute atomic E-state index is 3.40. The van der Waals surface area contributed by atoms with E-state index in [9.17, 15) is 0 Å². The summed E-state index contributed by atoms with van der Waals surface area (Å²) < 4.78 is 0. The van der Waals surface area contributed by atoms with Crippen LogP contribution in [0.25, 0.3) is 0 Å². The molecule has 2 aliphatic heterocycles. The lowest BCUT2D eigenvalue weighted by Gasteiger charge is -2.27. The van der Waals surface area contributed by atoms with Crippen molar-refractivity contribution in [1.82, 2.24) is 15.5 Å². The number of hydrogen-bond acceptors (Lipinski definition) is 3. The second kappa shape index (κ2) is 5.17. The van der Waals surface area contributed by atoms with Crippen LogP contribution in [0.3, 0.4) is 0 Å². The number of piperazine rings is 1. The van der Waals surface area contributed by atoms with Gasteiger partial charge in [0.15, 0.2) is 0 Å². The first kappa shape index (κ1) is 11.2. The van der Waals surface area contributed by atoms with Gasteiger partial charge in [0.2, 0.25) is 0 Å². The summed E-state index contributed by atoms with van der Waals surface area (Å²) in [6.07, 6.45) is 1.19. The molecule has 0 atom stereocenters. The summed E-state index contributed by atoms with van der Waals surface area (Å²) in [6, 6.07) is 6.98. The van der Waals surface area contributed by atoms with Crippen molar-refractivity contribution in [1.29, 1.82) is 0 Å². The van der Waals surface area contributed by atoms with Crippen molar-refractivity contribution in [3.63, 3.8) is 0 Å². The number of nitrogens with zero attached hydrogens (tertiary/aromatic N) is 1. The van der Waals surface area contributed by atoms with Crippen molar-refractivity contribution >= 4 is 0 Å². The highest BCUT2D eigenvalue weighted by Crippen LogP contribution is 2.17. The summed E-state index contributed by atoms with van der Waals surface area (Å²) in [6.45, 7) is 8.00. The molecule has 17 heavy (non-hydrogen) atoms. The molecule has 92 valence electrons. The van der Waals surface area contributed by atoms with Crippen LogP contribution in [0.5, 0.6) is 0 Å². The van der Waals surface area contributed by atoms with Gasteiger partial charge in [-0.3, -0.25) is 0 Å². The molecule has 0 spiro atoms. The summed E-state index contributed by atoms with van der Waals surface area (Å²) in [4.78, 5) is 2.56. The van der Waals surface area contributed by atoms with Crippen molar-refractivity contribution < 1.29 is 0 Å². The minimum atomic E-state index is 1.05. The zero-order valence-corrected chi connectivity index (χ0v) is 10.3. The molecule has 0 aliphatic carbocycles. The summed E-state index contributed by atoms with van der Waals surface area (Å²) >= 11 is 0. The molecule has 1 aromatic rings. The molecule has 3 nitrogen and oxygen atoms in total. The molecule has 0 radical (unpaired) electrons. The molecule has 0 saturated carbocycles. The van der Waals surface area contributed by atoms with Crippen molar-refractivity contribution in [2.75, 3.05) is 32.7 Å². The topological polar surface area (TPSA) is 27.3 Å². The Morgan fingerprint density at radius 2 is 1.82 bits per heavy atom. The predicted molar refractivity (Wildman–Crippen MR) is 70.0 cm³/mol. The lowest BCUT2D eigenvalue weighted by atomic mass is 10.0. The van der Waals surface area contributed by atoms with Gasteiger partial charge in [-0.05, 0) is 23.1 Å². The standard InChI is InChI=1S/C14H21N3/c1-2-13-10-16-11-14(13)9-12(1)3-6-17-7-4-15-5-8-17/h1-2,9,15-16H,3-8,10-11H2. The van der Waals surface area contributed by atoms with E-state index in [2.05, 4.69) is 33.7 Å². The van der Waals surface area contributed by atoms with Crippen molar-refractivity contribution in [2.24, 2.45) is 0 Å². The number of hydrogen-bond donors (Lipinski definition) is 2. The van der Waals surface area contributed by atoms with Gasteiger partial charge in [-0.1, -0.05) is 18.2 Å². The van der Waals surface area contributed by atoms with E-state index in [0.717, 1.165) is 26.2 Å². The molecule has 2 heterocycles. The summed E-state index contributed by atoms with van der Waals surface area (Å²) in [5.74, 6) is 0. The van der Waals surface area contributed by atoms with Gasteiger partial charge in [0.25, 0.3) is 0 Å². The van der Waals surface area contributed by atoms with Gasteiger partial charge in [-0.15, -0.1) is 0 Å². The predicted octanol–water partition coefficient (Wildman–Crippen LogP) is 0.738. The van der Waals surface area contributed by atoms with Crippen LogP contribution in [-0.4, -0.2) is 37.6 Å². The Morgan fingerprint density at radius 1 is 1.00 bits per heavy atom. The van der Waals surface area contributed by atoms with Gasteiger partial charge in [0.05, 0.1) is 0 Å². The summed E-state index contributed by atoms with van der Waals surface area (Å²) in [7, 11) is 0. The first-order chi connectivity index (χ1) is 8.42. The van der Waals surface area contributed by atoms with Gasteiger partial charge in [0.1, 0.15) is 0 Å². The normalized spacial score (nSPS) is 20.5. The molecule has 2 N–H and O–H groups in total. The number of rotatable bonds is 3. The number of fused-ring (bicyclic) bond motifs is 1. The third-order valence-electron chi connectivity index (χ3n) is 3.83. The van der Waals surface area contributed by atoms with Gasteiger partial charge in [-0.2, -0.15) is 0 Å². The fourth-order valence-electron chi connectivity index (χ4n) is 2.73. The highest BCUT2D eigenvalue weighted by Gasteiger charge is 2.12. The fraction of sp³-hybridized carbons (Fsp3) is 0.571. The molecular weight excluding hydrogens is 210 g/mol. The lowest BCUT2D eigenvalue weighted by Crippen LogP contribution is -2.44. The van der Waals surface area contributed by atoms with E-state index in [0.29, 0.717) is 0 Å². The molecule has 1 saturated heterocycles. The SMILES string of the molecule is c1cc2c(cc1CCN1CCNCC1)CNC2. The van der Waals surface area contributed by atoms with Gasteiger partial charge in [0, 0.05) is 45.8 Å². The molecule has 3 heteroatoms. The van der Waals surface area contributed by atoms with Crippen LogP contribution in [0, 0.1) is 0 Å². The van der Waals surface area contributed by atoms with E-state index in [1.165, 1.54) is 42.7 Å². The van der Waals surface area contributed by atoms with Crippen molar-refractivity contribution in [2.45, 2.75) is 19.5 Å². The molecule has 0 bridgehead atoms. The van der Waals surface area contributed by atoms with E-state index < -0.39 is 0 Å². The zero-order valence-electron chi connectivity index (χ0n) is 10.3. The highest BCUT2D eigenvalue weighted by atomic mass is 15.2. The van der Waals surface area contributed by atoms with E-state index in [4.69, 9.17) is 0 Å². The van der Waals surface area contributed by atoms with Gasteiger partial charge >= 0.3 is 0 Å². The second-order valence-electron chi connectivity index (χ2n) is 5.05. The summed E-state index contributed by atoms with van der Waals surface area (Å²) in [5.41, 5.74) is 4.48. The minimum Gasteiger partial charge on any atom is -0.314 e. The monoisotopic (exact) mass is 231 g/mol. The van der Waals surface area contributed by atoms with Crippen LogP contribution in [-0.2, 0) is 19.5 Å². The van der Waals surface area contributed by atoms with Crippen LogP contribution < -0.4 is 10.6 Å². The average Bonchev–Trinajstić information content (AvgIpc) is 2.85. The van der Waals surface area contributed by atoms with Crippen LogP contribution in [0.1, 0.15) is 16.7 Å². The maximum Gasteiger partial charge on any atom is 0.0212 e. The first-order valence-electron chi connectivity index (χ1n) is 6.66. The van der Waals surface area contributed by atoms with Gasteiger partial charge in [-0.25, -0.2) is 0 Å². The van der Waals surface area contributed by atoms with E-state index in [-0.39, 0.29) is 0 Å².